The Morgan fingerprint density at radius 3 is 2.59 bits per heavy atom. The van der Waals surface area contributed by atoms with E-state index in [-0.39, 0.29) is 5.91 Å². The number of nitrogens with zero attached hydrogens (tertiary/aromatic N) is 2. The molecular weight excluding hydrogens is 344 g/mol. The first kappa shape index (κ1) is 15.3. The van der Waals surface area contributed by atoms with E-state index in [1.807, 2.05) is 11.0 Å². The average Bonchev–Trinajstić information content (AvgIpc) is 2.83. The number of carbonyl (C=O) groups excluding carboxylic acids is 1. The lowest BCUT2D eigenvalue weighted by Crippen LogP contribution is -2.34. The van der Waals surface area contributed by atoms with Crippen molar-refractivity contribution >= 4 is 21.8 Å². The summed E-state index contributed by atoms with van der Waals surface area (Å²) in [5.74, 6) is 0.385. The van der Waals surface area contributed by atoms with Crippen LogP contribution in [-0.2, 0) is 6.54 Å². The Kier molecular flexibility index (Phi) is 4.95. The second-order valence-corrected chi connectivity index (χ2v) is 6.29. The molecule has 0 spiro atoms. The monoisotopic (exact) mass is 362 g/mol. The van der Waals surface area contributed by atoms with Crippen molar-refractivity contribution < 1.29 is 9.21 Å². The molecule has 4 nitrogen and oxygen atoms in total. The van der Waals surface area contributed by atoms with Crippen molar-refractivity contribution in [2.75, 3.05) is 26.2 Å². The van der Waals surface area contributed by atoms with Crippen LogP contribution in [0.1, 0.15) is 22.5 Å². The van der Waals surface area contributed by atoms with Crippen LogP contribution in [0.2, 0.25) is 0 Å². The highest BCUT2D eigenvalue weighted by Gasteiger charge is 2.22. The van der Waals surface area contributed by atoms with Crippen LogP contribution in [-0.4, -0.2) is 41.9 Å². The summed E-state index contributed by atoms with van der Waals surface area (Å²) in [6.07, 6.45) is 0.987. The molecule has 0 bridgehead atoms. The third kappa shape index (κ3) is 3.78. The summed E-state index contributed by atoms with van der Waals surface area (Å²) in [6, 6.07) is 13.9. The fourth-order valence-corrected chi connectivity index (χ4v) is 3.07. The second kappa shape index (κ2) is 7.11. The van der Waals surface area contributed by atoms with E-state index in [0.717, 1.165) is 39.1 Å². The van der Waals surface area contributed by atoms with Gasteiger partial charge in [0.25, 0.3) is 5.91 Å². The van der Waals surface area contributed by atoms with Crippen LogP contribution >= 0.6 is 15.9 Å². The van der Waals surface area contributed by atoms with Crippen molar-refractivity contribution in [3.8, 4) is 0 Å². The van der Waals surface area contributed by atoms with Gasteiger partial charge in [-0.05, 0) is 40.0 Å². The Balaban J connectivity index is 1.59. The van der Waals surface area contributed by atoms with E-state index in [0.29, 0.717) is 10.4 Å². The predicted molar refractivity (Wildman–Crippen MR) is 88.6 cm³/mol. The molecule has 1 aromatic carbocycles. The minimum Gasteiger partial charge on any atom is -0.444 e. The molecule has 3 rings (SSSR count). The van der Waals surface area contributed by atoms with E-state index in [1.54, 1.807) is 12.1 Å². The van der Waals surface area contributed by atoms with Crippen LogP contribution in [0.15, 0.2) is 51.6 Å². The van der Waals surface area contributed by atoms with Gasteiger partial charge in [0.05, 0.1) is 0 Å². The molecule has 0 saturated carbocycles. The smallest absolute Gasteiger partial charge is 0.289 e. The fourth-order valence-electron chi connectivity index (χ4n) is 2.76. The van der Waals surface area contributed by atoms with Gasteiger partial charge >= 0.3 is 0 Å². The predicted octanol–water partition coefficient (Wildman–Crippen LogP) is 3.39. The number of amides is 1. The number of furan rings is 1. The van der Waals surface area contributed by atoms with Gasteiger partial charge in [0.15, 0.2) is 10.4 Å². The molecule has 0 radical (unpaired) electrons. The van der Waals surface area contributed by atoms with Gasteiger partial charge in [0, 0.05) is 32.7 Å². The average molecular weight is 363 g/mol. The molecule has 2 heterocycles. The van der Waals surface area contributed by atoms with E-state index < -0.39 is 0 Å². The quantitative estimate of drug-likeness (QED) is 0.839. The summed E-state index contributed by atoms with van der Waals surface area (Å²) < 4.78 is 5.97. The topological polar surface area (TPSA) is 36.7 Å². The van der Waals surface area contributed by atoms with Crippen molar-refractivity contribution in [2.24, 2.45) is 0 Å². The van der Waals surface area contributed by atoms with Crippen molar-refractivity contribution in [2.45, 2.75) is 13.0 Å². The van der Waals surface area contributed by atoms with E-state index in [9.17, 15) is 4.79 Å². The maximum atomic E-state index is 12.4. The van der Waals surface area contributed by atoms with Crippen molar-refractivity contribution in [1.29, 1.82) is 0 Å². The van der Waals surface area contributed by atoms with Crippen molar-refractivity contribution in [3.05, 3.63) is 58.5 Å². The molecule has 2 aromatic rings. The third-order valence-electron chi connectivity index (χ3n) is 3.91. The lowest BCUT2D eigenvalue weighted by atomic mass is 10.2. The Labute approximate surface area is 138 Å². The zero-order valence-corrected chi connectivity index (χ0v) is 14.0. The fraction of sp³-hybridized carbons (Fsp3) is 0.353. The minimum atomic E-state index is -0.0211. The number of halogens is 1. The molecule has 0 aliphatic carbocycles. The highest BCUT2D eigenvalue weighted by Crippen LogP contribution is 2.17. The number of benzene rings is 1. The molecule has 0 atom stereocenters. The summed E-state index contributed by atoms with van der Waals surface area (Å²) in [4.78, 5) is 16.7. The van der Waals surface area contributed by atoms with Crippen LogP contribution in [0.5, 0.6) is 0 Å². The van der Waals surface area contributed by atoms with E-state index >= 15 is 0 Å². The van der Waals surface area contributed by atoms with Gasteiger partial charge < -0.3 is 9.32 Å². The van der Waals surface area contributed by atoms with Crippen LogP contribution < -0.4 is 0 Å². The first-order chi connectivity index (χ1) is 10.7. The summed E-state index contributed by atoms with van der Waals surface area (Å²) in [6.45, 7) is 4.37. The first-order valence-corrected chi connectivity index (χ1v) is 8.32. The van der Waals surface area contributed by atoms with E-state index in [1.165, 1.54) is 5.56 Å². The van der Waals surface area contributed by atoms with Crippen LogP contribution in [0.4, 0.5) is 0 Å². The highest BCUT2D eigenvalue weighted by atomic mass is 79.9. The molecule has 1 saturated heterocycles. The molecule has 1 aliphatic heterocycles. The van der Waals surface area contributed by atoms with Crippen LogP contribution in [0.25, 0.3) is 0 Å². The Bertz CT molecular complexity index is 627. The number of rotatable bonds is 3. The van der Waals surface area contributed by atoms with E-state index in [2.05, 4.69) is 45.1 Å². The molecule has 0 unspecified atom stereocenters. The van der Waals surface area contributed by atoms with Gasteiger partial charge in [0.1, 0.15) is 0 Å². The van der Waals surface area contributed by atoms with Gasteiger partial charge in [-0.1, -0.05) is 30.3 Å². The zero-order chi connectivity index (χ0) is 15.4. The number of hydrogen-bond acceptors (Lipinski definition) is 3. The van der Waals surface area contributed by atoms with Gasteiger partial charge in [-0.2, -0.15) is 0 Å². The van der Waals surface area contributed by atoms with Crippen molar-refractivity contribution in [1.82, 2.24) is 9.80 Å². The zero-order valence-electron chi connectivity index (χ0n) is 12.4. The normalized spacial score (nSPS) is 16.5. The molecule has 22 heavy (non-hydrogen) atoms. The maximum absolute atomic E-state index is 12.4. The standard InChI is InChI=1S/C17H19BrN2O2/c18-16-8-7-15(22-16)17(21)20-10-4-9-19(11-12-20)13-14-5-2-1-3-6-14/h1-3,5-8H,4,9-13H2. The lowest BCUT2D eigenvalue weighted by molar-refractivity contribution is 0.0728. The maximum Gasteiger partial charge on any atom is 0.289 e. The molecule has 116 valence electrons. The molecule has 5 heteroatoms. The number of hydrogen-bond donors (Lipinski definition) is 0. The van der Waals surface area contributed by atoms with Crippen LogP contribution in [0.3, 0.4) is 0 Å². The molecule has 1 aliphatic rings. The summed E-state index contributed by atoms with van der Waals surface area (Å²) in [7, 11) is 0. The number of carbonyl (C=O) groups is 1. The van der Waals surface area contributed by atoms with Gasteiger partial charge in [-0.25, -0.2) is 0 Å². The van der Waals surface area contributed by atoms with E-state index in [4.69, 9.17) is 4.42 Å². The highest BCUT2D eigenvalue weighted by molar-refractivity contribution is 9.10. The second-order valence-electron chi connectivity index (χ2n) is 5.51. The van der Waals surface area contributed by atoms with Crippen molar-refractivity contribution in [3.63, 3.8) is 0 Å². The van der Waals surface area contributed by atoms with Crippen LogP contribution in [0, 0.1) is 0 Å². The minimum absolute atomic E-state index is 0.0211. The Morgan fingerprint density at radius 2 is 1.86 bits per heavy atom. The third-order valence-corrected chi connectivity index (χ3v) is 4.33. The molecule has 1 aromatic heterocycles. The lowest BCUT2D eigenvalue weighted by Gasteiger charge is -2.21. The molecule has 1 fully saturated rings. The Hall–Kier alpha value is -1.59. The molecule has 0 N–H and O–H groups in total. The summed E-state index contributed by atoms with van der Waals surface area (Å²) in [5, 5.41) is 0. The largest absolute Gasteiger partial charge is 0.444 e. The molecular formula is C17H19BrN2O2. The summed E-state index contributed by atoms with van der Waals surface area (Å²) >= 11 is 3.24. The SMILES string of the molecule is O=C(c1ccc(Br)o1)N1CCCN(Cc2ccccc2)CC1. The summed E-state index contributed by atoms with van der Waals surface area (Å²) in [5.41, 5.74) is 1.32. The Morgan fingerprint density at radius 1 is 1.05 bits per heavy atom. The van der Waals surface area contributed by atoms with Gasteiger partial charge in [-0.15, -0.1) is 0 Å². The molecule has 1 amide bonds. The first-order valence-electron chi connectivity index (χ1n) is 7.53. The van der Waals surface area contributed by atoms with Gasteiger partial charge in [0.2, 0.25) is 0 Å². The van der Waals surface area contributed by atoms with Gasteiger partial charge in [-0.3, -0.25) is 9.69 Å².